The summed E-state index contributed by atoms with van der Waals surface area (Å²) in [7, 11) is 0. The van der Waals surface area contributed by atoms with Gasteiger partial charge in [-0.05, 0) is 83.1 Å². The number of rotatable bonds is 4. The van der Waals surface area contributed by atoms with Crippen molar-refractivity contribution >= 4 is 60.9 Å². The quantitative estimate of drug-likeness (QED) is 0.185. The third-order valence-electron chi connectivity index (χ3n) is 9.90. The summed E-state index contributed by atoms with van der Waals surface area (Å²) >= 11 is 0. The molecule has 10 rings (SSSR count). The Balaban J connectivity index is 1.15. The molecule has 0 saturated heterocycles. The lowest BCUT2D eigenvalue weighted by Gasteiger charge is -2.24. The second-order valence-electron chi connectivity index (χ2n) is 15.4. The Bertz CT molecular complexity index is 2920. The first-order valence-electron chi connectivity index (χ1n) is 17.3. The first kappa shape index (κ1) is 29.7. The summed E-state index contributed by atoms with van der Waals surface area (Å²) in [6.45, 7) is 13.1. The molecule has 0 aliphatic rings. The maximum atomic E-state index is 6.82. The van der Waals surface area contributed by atoms with Crippen LogP contribution in [0.3, 0.4) is 0 Å². The van der Waals surface area contributed by atoms with E-state index in [1.807, 2.05) is 60.7 Å². The summed E-state index contributed by atoms with van der Waals surface area (Å²) < 4.78 is 23.7. The minimum atomic E-state index is -0.257. The lowest BCUT2D eigenvalue weighted by atomic mass is 9.86. The molecule has 4 aromatic carbocycles. The highest BCUT2D eigenvalue weighted by atomic mass is 16.5. The summed E-state index contributed by atoms with van der Waals surface area (Å²) in [5, 5.41) is 2.02. The fourth-order valence-electron chi connectivity index (χ4n) is 7.33. The first-order valence-corrected chi connectivity index (χ1v) is 17.3. The average molecular weight is 670 g/mol. The van der Waals surface area contributed by atoms with Crippen LogP contribution in [0, 0.1) is 0 Å². The molecule has 0 atom stereocenters. The van der Waals surface area contributed by atoms with Gasteiger partial charge in [-0.3, -0.25) is 8.97 Å². The van der Waals surface area contributed by atoms with Crippen molar-refractivity contribution in [1.82, 2.24) is 23.9 Å². The van der Waals surface area contributed by atoms with Crippen LogP contribution in [0.1, 0.15) is 52.7 Å². The van der Waals surface area contributed by atoms with E-state index in [2.05, 4.69) is 93.0 Å². The van der Waals surface area contributed by atoms with Gasteiger partial charge in [0.15, 0.2) is 0 Å². The van der Waals surface area contributed by atoms with Crippen molar-refractivity contribution in [3.8, 4) is 28.8 Å². The van der Waals surface area contributed by atoms with E-state index in [0.717, 1.165) is 83.3 Å². The molecule has 0 aliphatic carbocycles. The van der Waals surface area contributed by atoms with Crippen molar-refractivity contribution in [3.05, 3.63) is 114 Å². The van der Waals surface area contributed by atoms with E-state index >= 15 is 0 Å². The number of imidazole rings is 2. The van der Waals surface area contributed by atoms with Crippen molar-refractivity contribution in [2.24, 2.45) is 0 Å². The fourth-order valence-corrected chi connectivity index (χ4v) is 7.33. The van der Waals surface area contributed by atoms with Crippen LogP contribution in [0.4, 0.5) is 0 Å². The Kier molecular flexibility index (Phi) is 5.95. The Labute approximate surface area is 293 Å². The van der Waals surface area contributed by atoms with E-state index in [1.165, 1.54) is 0 Å². The summed E-state index contributed by atoms with van der Waals surface area (Å²) in [5.74, 6) is 2.46. The number of ether oxygens (including phenoxy) is 1. The molecule has 0 aliphatic heterocycles. The molecule has 0 N–H and O–H groups in total. The van der Waals surface area contributed by atoms with Crippen LogP contribution >= 0.6 is 0 Å². The highest BCUT2D eigenvalue weighted by Crippen LogP contribution is 2.42. The van der Waals surface area contributed by atoms with Crippen LogP contribution in [0.15, 0.2) is 112 Å². The third kappa shape index (κ3) is 4.49. The van der Waals surface area contributed by atoms with Gasteiger partial charge in [0.1, 0.15) is 28.1 Å². The molecule has 51 heavy (non-hydrogen) atoms. The largest absolute Gasteiger partial charge is 0.456 e. The lowest BCUT2D eigenvalue weighted by molar-refractivity contribution is 0.420. The molecule has 0 bridgehead atoms. The zero-order valence-electron chi connectivity index (χ0n) is 29.3. The molecule has 8 heteroatoms. The number of nitrogens with zero attached hydrogens (tertiary/aromatic N) is 5. The maximum Gasteiger partial charge on any atom is 0.227 e. The SMILES string of the molecule is CC(C)(C)c1cc(Oc2nc(-n3c4ccccc4n4c5ccccc5nc34)ccc2C(C)(C)C)nc(-c2cc3oc4cccc5oc(c2)c3c45)c1. The van der Waals surface area contributed by atoms with Gasteiger partial charge in [-0.15, -0.1) is 0 Å². The molecule has 0 unspecified atom stereocenters. The molecule has 0 saturated carbocycles. The van der Waals surface area contributed by atoms with Crippen molar-refractivity contribution in [2.75, 3.05) is 0 Å². The van der Waals surface area contributed by atoms with E-state index in [0.29, 0.717) is 17.6 Å². The second-order valence-corrected chi connectivity index (χ2v) is 15.4. The number of hydrogen-bond acceptors (Lipinski definition) is 6. The van der Waals surface area contributed by atoms with Gasteiger partial charge < -0.3 is 13.6 Å². The van der Waals surface area contributed by atoms with Crippen molar-refractivity contribution in [1.29, 1.82) is 0 Å². The molecule has 0 amide bonds. The van der Waals surface area contributed by atoms with Gasteiger partial charge in [0, 0.05) is 17.2 Å². The van der Waals surface area contributed by atoms with Crippen LogP contribution in [-0.2, 0) is 10.8 Å². The van der Waals surface area contributed by atoms with Gasteiger partial charge in [0.2, 0.25) is 17.5 Å². The third-order valence-corrected chi connectivity index (χ3v) is 9.90. The predicted molar refractivity (Wildman–Crippen MR) is 203 cm³/mol. The Morgan fingerprint density at radius 3 is 1.96 bits per heavy atom. The molecule has 0 spiro atoms. The zero-order valence-corrected chi connectivity index (χ0v) is 29.3. The first-order chi connectivity index (χ1) is 24.5. The molecular formula is C43H35N5O3. The normalized spacial score (nSPS) is 12.9. The average Bonchev–Trinajstić information content (AvgIpc) is 3.85. The number of para-hydroxylation sites is 4. The topological polar surface area (TPSA) is 83.5 Å². The predicted octanol–water partition coefficient (Wildman–Crippen LogP) is 11.4. The molecule has 10 aromatic rings. The minimum Gasteiger partial charge on any atom is -0.456 e. The molecule has 0 fully saturated rings. The van der Waals surface area contributed by atoms with Gasteiger partial charge in [-0.1, -0.05) is 71.9 Å². The van der Waals surface area contributed by atoms with Gasteiger partial charge in [0.05, 0.1) is 38.5 Å². The Hall–Kier alpha value is -6.15. The van der Waals surface area contributed by atoms with Crippen molar-refractivity contribution in [3.63, 3.8) is 0 Å². The summed E-state index contributed by atoms with van der Waals surface area (Å²) in [4.78, 5) is 15.4. The van der Waals surface area contributed by atoms with E-state index in [4.69, 9.17) is 28.5 Å². The van der Waals surface area contributed by atoms with Gasteiger partial charge in [-0.2, -0.15) is 4.98 Å². The summed E-state index contributed by atoms with van der Waals surface area (Å²) in [6, 6.07) is 34.9. The molecule has 250 valence electrons. The smallest absolute Gasteiger partial charge is 0.227 e. The Morgan fingerprint density at radius 1 is 0.588 bits per heavy atom. The number of aromatic nitrogens is 5. The monoisotopic (exact) mass is 669 g/mol. The Morgan fingerprint density at radius 2 is 1.25 bits per heavy atom. The highest BCUT2D eigenvalue weighted by molar-refractivity contribution is 6.20. The fraction of sp³-hybridized carbons (Fsp3) is 0.186. The van der Waals surface area contributed by atoms with Crippen molar-refractivity contribution < 1.29 is 13.6 Å². The number of hydrogen-bond donors (Lipinski definition) is 0. The number of fused-ring (bicyclic) bond motifs is 5. The van der Waals surface area contributed by atoms with Crippen LogP contribution < -0.4 is 4.74 Å². The second kappa shape index (κ2) is 10.2. The van der Waals surface area contributed by atoms with E-state index < -0.39 is 0 Å². The molecule has 6 aromatic heterocycles. The number of pyridine rings is 2. The number of furan rings is 2. The maximum absolute atomic E-state index is 6.82. The van der Waals surface area contributed by atoms with Crippen molar-refractivity contribution in [2.45, 2.75) is 52.4 Å². The molecule has 0 radical (unpaired) electrons. The van der Waals surface area contributed by atoms with Crippen LogP contribution in [0.2, 0.25) is 0 Å². The summed E-state index contributed by atoms with van der Waals surface area (Å²) in [6.07, 6.45) is 0. The van der Waals surface area contributed by atoms with E-state index in [-0.39, 0.29) is 10.8 Å². The zero-order chi connectivity index (χ0) is 34.8. The molecular weight excluding hydrogens is 635 g/mol. The molecule has 6 heterocycles. The van der Waals surface area contributed by atoms with Gasteiger partial charge in [0.25, 0.3) is 0 Å². The van der Waals surface area contributed by atoms with E-state index in [1.54, 1.807) is 0 Å². The summed E-state index contributed by atoms with van der Waals surface area (Å²) in [5.41, 5.74) is 10.5. The standard InChI is InChI=1S/C43H35N5O3/c1-42(2,3)25-22-28(24-20-34-39-35(21-24)50-33-17-11-16-32(49-34)38(33)39)44-37(23-25)51-40-26(43(4,5)6)18-19-36(46-40)48-31-15-10-9-14-30(31)47-29-13-8-7-12-27(29)45-41(47)48/h7-23H,1-6H3. The lowest BCUT2D eigenvalue weighted by Crippen LogP contribution is -2.15. The highest BCUT2D eigenvalue weighted by Gasteiger charge is 2.26. The van der Waals surface area contributed by atoms with Crippen LogP contribution in [-0.4, -0.2) is 23.9 Å². The van der Waals surface area contributed by atoms with Crippen LogP contribution in [0.5, 0.6) is 11.8 Å². The minimum absolute atomic E-state index is 0.180. The van der Waals surface area contributed by atoms with Gasteiger partial charge in [-0.25, -0.2) is 9.97 Å². The van der Waals surface area contributed by atoms with Gasteiger partial charge >= 0.3 is 0 Å². The number of benzene rings is 4. The van der Waals surface area contributed by atoms with E-state index in [9.17, 15) is 0 Å². The molecule has 8 nitrogen and oxygen atoms in total. The van der Waals surface area contributed by atoms with Crippen LogP contribution in [0.25, 0.3) is 78.0 Å².